The molecule has 2 amide bonds. The van der Waals surface area contributed by atoms with E-state index in [9.17, 15) is 14.0 Å². The molecule has 4 nitrogen and oxygen atoms in total. The first-order chi connectivity index (χ1) is 13.5. The van der Waals surface area contributed by atoms with Crippen LogP contribution in [0.2, 0.25) is 0 Å². The molecule has 0 saturated carbocycles. The number of halogens is 1. The van der Waals surface area contributed by atoms with Gasteiger partial charge in [-0.3, -0.25) is 9.59 Å². The van der Waals surface area contributed by atoms with Crippen LogP contribution in [-0.2, 0) is 15.3 Å². The molecule has 0 spiro atoms. The van der Waals surface area contributed by atoms with Gasteiger partial charge in [0.2, 0.25) is 11.8 Å². The minimum absolute atomic E-state index is 0.145. The van der Waals surface area contributed by atoms with Gasteiger partial charge in [0.05, 0.1) is 0 Å². The van der Waals surface area contributed by atoms with Crippen molar-refractivity contribution in [2.24, 2.45) is 5.92 Å². The normalized spacial score (nSPS) is 11.9. The van der Waals surface area contributed by atoms with Crippen molar-refractivity contribution in [3.63, 3.8) is 0 Å². The first kappa shape index (κ1) is 22.0. The number of hydrogen-bond donors (Lipinski definition) is 2. The summed E-state index contributed by atoms with van der Waals surface area (Å²) in [4.78, 5) is 24.8. The van der Waals surface area contributed by atoms with Crippen LogP contribution in [0.15, 0.2) is 54.6 Å². The molecule has 0 aliphatic carbocycles. The average Bonchev–Trinajstić information content (AvgIpc) is 2.67. The van der Waals surface area contributed by atoms with Gasteiger partial charge in [-0.2, -0.15) is 11.8 Å². The molecule has 0 bridgehead atoms. The molecule has 1 unspecified atom stereocenters. The summed E-state index contributed by atoms with van der Waals surface area (Å²) in [5, 5.41) is 5.70. The molecular weight excluding hydrogens is 375 g/mol. The molecular formula is C22H27FN2O2S. The van der Waals surface area contributed by atoms with Gasteiger partial charge in [0.1, 0.15) is 11.9 Å². The van der Waals surface area contributed by atoms with E-state index < -0.39 is 6.04 Å². The summed E-state index contributed by atoms with van der Waals surface area (Å²) in [5.74, 6) is 0.824. The van der Waals surface area contributed by atoms with Crippen LogP contribution in [0.5, 0.6) is 0 Å². The van der Waals surface area contributed by atoms with Crippen LogP contribution >= 0.6 is 11.8 Å². The molecule has 2 rings (SSSR count). The third-order valence-corrected chi connectivity index (χ3v) is 5.06. The highest BCUT2D eigenvalue weighted by atomic mass is 32.2. The summed E-state index contributed by atoms with van der Waals surface area (Å²) in [6, 6.07) is 15.2. The van der Waals surface area contributed by atoms with E-state index in [0.29, 0.717) is 30.0 Å². The van der Waals surface area contributed by atoms with Crippen LogP contribution in [0.25, 0.3) is 0 Å². The fourth-order valence-corrected chi connectivity index (χ4v) is 3.53. The van der Waals surface area contributed by atoms with Crippen LogP contribution < -0.4 is 10.6 Å². The molecule has 0 aliphatic heterocycles. The topological polar surface area (TPSA) is 58.2 Å². The summed E-state index contributed by atoms with van der Waals surface area (Å²) >= 11 is 1.55. The van der Waals surface area contributed by atoms with Crippen LogP contribution in [0.4, 0.5) is 4.39 Å². The van der Waals surface area contributed by atoms with E-state index in [1.807, 2.05) is 50.2 Å². The van der Waals surface area contributed by atoms with E-state index in [2.05, 4.69) is 10.6 Å². The van der Waals surface area contributed by atoms with Crippen LogP contribution in [0.3, 0.4) is 0 Å². The second kappa shape index (κ2) is 11.5. The molecule has 150 valence electrons. The van der Waals surface area contributed by atoms with Crippen molar-refractivity contribution in [3.05, 3.63) is 71.5 Å². The molecule has 0 saturated heterocycles. The maximum Gasteiger partial charge on any atom is 0.247 e. The van der Waals surface area contributed by atoms with Crippen LogP contribution in [0.1, 0.15) is 37.4 Å². The van der Waals surface area contributed by atoms with Crippen molar-refractivity contribution >= 4 is 23.6 Å². The number of hydrogen-bond acceptors (Lipinski definition) is 3. The predicted molar refractivity (Wildman–Crippen MR) is 112 cm³/mol. The van der Waals surface area contributed by atoms with Crippen LogP contribution in [-0.4, -0.2) is 24.1 Å². The highest BCUT2D eigenvalue weighted by Crippen LogP contribution is 2.16. The molecule has 0 heterocycles. The van der Waals surface area contributed by atoms with Gasteiger partial charge in [0, 0.05) is 24.5 Å². The number of carbonyl (C=O) groups excluding carboxylic acids is 2. The Morgan fingerprint density at radius 2 is 1.71 bits per heavy atom. The van der Waals surface area contributed by atoms with Crippen molar-refractivity contribution in [2.45, 2.75) is 32.1 Å². The Morgan fingerprint density at radius 3 is 2.39 bits per heavy atom. The lowest BCUT2D eigenvalue weighted by Crippen LogP contribution is -2.41. The average molecular weight is 403 g/mol. The minimum Gasteiger partial charge on any atom is -0.353 e. The van der Waals surface area contributed by atoms with Crippen molar-refractivity contribution in [3.8, 4) is 0 Å². The fourth-order valence-electron chi connectivity index (χ4n) is 2.68. The monoisotopic (exact) mass is 402 g/mol. The lowest BCUT2D eigenvalue weighted by Gasteiger charge is -2.19. The predicted octanol–water partition coefficient (Wildman–Crippen LogP) is 4.08. The van der Waals surface area contributed by atoms with E-state index in [1.54, 1.807) is 23.9 Å². The Morgan fingerprint density at radius 1 is 1.04 bits per heavy atom. The molecule has 1 atom stereocenters. The largest absolute Gasteiger partial charge is 0.353 e. The summed E-state index contributed by atoms with van der Waals surface area (Å²) in [6.07, 6.45) is 0.370. The number of thioether (sulfide) groups is 1. The van der Waals surface area contributed by atoms with Crippen molar-refractivity contribution in [2.75, 3.05) is 12.3 Å². The third-order valence-electron chi connectivity index (χ3n) is 4.06. The van der Waals surface area contributed by atoms with Gasteiger partial charge >= 0.3 is 0 Å². The van der Waals surface area contributed by atoms with E-state index in [0.717, 1.165) is 5.56 Å². The Kier molecular flexibility index (Phi) is 9.01. The zero-order chi connectivity index (χ0) is 20.4. The Balaban J connectivity index is 1.86. The summed E-state index contributed by atoms with van der Waals surface area (Å²) in [5.41, 5.74) is 1.40. The Labute approximate surface area is 170 Å². The number of nitrogens with one attached hydrogen (secondary N) is 2. The van der Waals surface area contributed by atoms with Crippen molar-refractivity contribution < 1.29 is 14.0 Å². The molecule has 2 aromatic rings. The molecule has 2 aromatic carbocycles. The van der Waals surface area contributed by atoms with Gasteiger partial charge in [-0.05, 0) is 23.1 Å². The zero-order valence-electron chi connectivity index (χ0n) is 16.3. The summed E-state index contributed by atoms with van der Waals surface area (Å²) < 4.78 is 13.6. The second-order valence-corrected chi connectivity index (χ2v) is 8.05. The van der Waals surface area contributed by atoms with Crippen molar-refractivity contribution in [1.29, 1.82) is 0 Å². The van der Waals surface area contributed by atoms with Gasteiger partial charge in [0.25, 0.3) is 0 Å². The SMILES string of the molecule is CC(C)CC(=O)NC(C(=O)NCCSCc1ccccc1F)c1ccccc1. The second-order valence-electron chi connectivity index (χ2n) is 6.94. The Hall–Kier alpha value is -2.34. The van der Waals surface area contributed by atoms with Gasteiger partial charge in [-0.25, -0.2) is 4.39 Å². The highest BCUT2D eigenvalue weighted by molar-refractivity contribution is 7.98. The lowest BCUT2D eigenvalue weighted by atomic mass is 10.0. The maximum absolute atomic E-state index is 13.6. The number of amides is 2. The maximum atomic E-state index is 13.6. The zero-order valence-corrected chi connectivity index (χ0v) is 17.1. The van der Waals surface area contributed by atoms with Gasteiger partial charge in [0.15, 0.2) is 0 Å². The summed E-state index contributed by atoms with van der Waals surface area (Å²) in [7, 11) is 0. The number of rotatable bonds is 10. The molecule has 0 fully saturated rings. The van der Waals surface area contributed by atoms with E-state index in [1.165, 1.54) is 6.07 Å². The molecule has 28 heavy (non-hydrogen) atoms. The minimum atomic E-state index is -0.719. The molecule has 0 aliphatic rings. The van der Waals surface area contributed by atoms with Gasteiger partial charge in [-0.15, -0.1) is 0 Å². The molecule has 0 radical (unpaired) electrons. The summed E-state index contributed by atoms with van der Waals surface area (Å²) in [6.45, 7) is 4.37. The van der Waals surface area contributed by atoms with Gasteiger partial charge in [-0.1, -0.05) is 62.4 Å². The highest BCUT2D eigenvalue weighted by Gasteiger charge is 2.22. The standard InChI is InChI=1S/C22H27FN2O2S/c1-16(2)14-20(26)25-21(17-8-4-3-5-9-17)22(27)24-12-13-28-15-18-10-6-7-11-19(18)23/h3-11,16,21H,12-15H2,1-2H3,(H,24,27)(H,25,26). The van der Waals surface area contributed by atoms with E-state index in [4.69, 9.17) is 0 Å². The number of carbonyl (C=O) groups is 2. The fraction of sp³-hybridized carbons (Fsp3) is 0.364. The van der Waals surface area contributed by atoms with Crippen molar-refractivity contribution in [1.82, 2.24) is 10.6 Å². The van der Waals surface area contributed by atoms with Crippen LogP contribution in [0, 0.1) is 11.7 Å². The first-order valence-corrected chi connectivity index (χ1v) is 10.6. The smallest absolute Gasteiger partial charge is 0.247 e. The molecule has 0 aromatic heterocycles. The first-order valence-electron chi connectivity index (χ1n) is 9.40. The number of benzene rings is 2. The molecule has 6 heteroatoms. The van der Waals surface area contributed by atoms with E-state index >= 15 is 0 Å². The third kappa shape index (κ3) is 7.35. The molecule has 2 N–H and O–H groups in total. The lowest BCUT2D eigenvalue weighted by molar-refractivity contribution is -0.129. The Bertz CT molecular complexity index is 768. The quantitative estimate of drug-likeness (QED) is 0.589. The van der Waals surface area contributed by atoms with E-state index in [-0.39, 0.29) is 23.5 Å². The van der Waals surface area contributed by atoms with Gasteiger partial charge < -0.3 is 10.6 Å².